The number of carbonyl (C=O) groups is 1. The van der Waals surface area contributed by atoms with E-state index in [1.807, 2.05) is 37.3 Å². The highest BCUT2D eigenvalue weighted by Gasteiger charge is 2.17. The Balaban J connectivity index is 2.44. The average molecular weight is 257 g/mol. The van der Waals surface area contributed by atoms with Gasteiger partial charge in [-0.05, 0) is 6.42 Å². The molecular formula is C14H15N3O2. The summed E-state index contributed by atoms with van der Waals surface area (Å²) in [5.41, 5.74) is 1.70. The van der Waals surface area contributed by atoms with E-state index in [1.165, 1.54) is 7.11 Å². The molecule has 19 heavy (non-hydrogen) atoms. The molecule has 0 N–H and O–H groups in total. The second-order valence-corrected chi connectivity index (χ2v) is 4.04. The highest BCUT2D eigenvalue weighted by molar-refractivity contribution is 5.88. The lowest BCUT2D eigenvalue weighted by Crippen LogP contribution is -2.13. The number of rotatable bonds is 4. The fraction of sp³-hybridized carbons (Fsp3) is 0.286. The number of ether oxygens (including phenoxy) is 1. The van der Waals surface area contributed by atoms with Gasteiger partial charge in [-0.3, -0.25) is 0 Å². The molecule has 0 fully saturated rings. The van der Waals surface area contributed by atoms with Crippen LogP contribution in [-0.2, 0) is 11.2 Å². The molecule has 0 radical (unpaired) electrons. The van der Waals surface area contributed by atoms with Crippen molar-refractivity contribution >= 4 is 5.97 Å². The Labute approximate surface area is 111 Å². The minimum Gasteiger partial charge on any atom is -0.464 e. The molecule has 1 aromatic carbocycles. The van der Waals surface area contributed by atoms with Crippen LogP contribution in [0.2, 0.25) is 0 Å². The number of nitrogens with zero attached hydrogens (tertiary/aromatic N) is 3. The molecule has 0 spiro atoms. The first-order valence-electron chi connectivity index (χ1n) is 6.13. The molecule has 0 aliphatic carbocycles. The maximum absolute atomic E-state index is 11.6. The van der Waals surface area contributed by atoms with Crippen LogP contribution in [0.4, 0.5) is 0 Å². The molecule has 0 atom stereocenters. The predicted molar refractivity (Wildman–Crippen MR) is 70.6 cm³/mol. The van der Waals surface area contributed by atoms with Gasteiger partial charge in [-0.2, -0.15) is 0 Å². The summed E-state index contributed by atoms with van der Waals surface area (Å²) in [4.78, 5) is 16.0. The van der Waals surface area contributed by atoms with Crippen molar-refractivity contribution < 1.29 is 9.53 Å². The molecule has 1 aromatic heterocycles. The van der Waals surface area contributed by atoms with Gasteiger partial charge in [0.25, 0.3) is 0 Å². The zero-order chi connectivity index (χ0) is 13.7. The standard InChI is InChI=1S/C14H15N3O2/c1-3-7-11-12(14(18)19-2)16-17-13(15-11)10-8-5-4-6-9-10/h4-6,8-9H,3,7H2,1-2H3. The summed E-state index contributed by atoms with van der Waals surface area (Å²) in [7, 11) is 1.32. The van der Waals surface area contributed by atoms with Crippen molar-refractivity contribution in [2.45, 2.75) is 19.8 Å². The predicted octanol–water partition coefficient (Wildman–Crippen LogP) is 2.28. The van der Waals surface area contributed by atoms with Gasteiger partial charge in [0, 0.05) is 5.56 Å². The van der Waals surface area contributed by atoms with Crippen molar-refractivity contribution in [3.05, 3.63) is 41.7 Å². The van der Waals surface area contributed by atoms with E-state index in [0.29, 0.717) is 17.9 Å². The van der Waals surface area contributed by atoms with Crippen molar-refractivity contribution in [1.82, 2.24) is 15.2 Å². The molecule has 0 bridgehead atoms. The Kier molecular flexibility index (Phi) is 4.18. The molecule has 0 aliphatic heterocycles. The van der Waals surface area contributed by atoms with Gasteiger partial charge in [-0.1, -0.05) is 43.7 Å². The van der Waals surface area contributed by atoms with E-state index in [-0.39, 0.29) is 5.69 Å². The molecule has 0 aliphatic rings. The third kappa shape index (κ3) is 2.93. The Morgan fingerprint density at radius 1 is 1.21 bits per heavy atom. The van der Waals surface area contributed by atoms with Gasteiger partial charge in [0.15, 0.2) is 11.5 Å². The van der Waals surface area contributed by atoms with E-state index < -0.39 is 5.97 Å². The molecule has 98 valence electrons. The maximum atomic E-state index is 11.6. The second kappa shape index (κ2) is 6.04. The maximum Gasteiger partial charge on any atom is 0.360 e. The van der Waals surface area contributed by atoms with Crippen LogP contribution >= 0.6 is 0 Å². The summed E-state index contributed by atoms with van der Waals surface area (Å²) in [6.45, 7) is 2.02. The SMILES string of the molecule is CCCc1nc(-c2ccccc2)nnc1C(=O)OC. The smallest absolute Gasteiger partial charge is 0.360 e. The number of benzene rings is 1. The first-order valence-corrected chi connectivity index (χ1v) is 6.13. The van der Waals surface area contributed by atoms with Crippen molar-refractivity contribution in [1.29, 1.82) is 0 Å². The normalized spacial score (nSPS) is 10.2. The highest BCUT2D eigenvalue weighted by atomic mass is 16.5. The van der Waals surface area contributed by atoms with Gasteiger partial charge >= 0.3 is 5.97 Å². The summed E-state index contributed by atoms with van der Waals surface area (Å²) < 4.78 is 4.69. The summed E-state index contributed by atoms with van der Waals surface area (Å²) in [5.74, 6) is 0.0276. The lowest BCUT2D eigenvalue weighted by atomic mass is 10.2. The fourth-order valence-corrected chi connectivity index (χ4v) is 1.73. The summed E-state index contributed by atoms with van der Waals surface area (Å²) >= 11 is 0. The van der Waals surface area contributed by atoms with Crippen LogP contribution in [0, 0.1) is 0 Å². The van der Waals surface area contributed by atoms with Crippen molar-refractivity contribution in [2.24, 2.45) is 0 Å². The Morgan fingerprint density at radius 2 is 1.95 bits per heavy atom. The minimum absolute atomic E-state index is 0.198. The van der Waals surface area contributed by atoms with Gasteiger partial charge in [-0.25, -0.2) is 9.78 Å². The number of hydrogen-bond donors (Lipinski definition) is 0. The van der Waals surface area contributed by atoms with E-state index in [2.05, 4.69) is 19.9 Å². The van der Waals surface area contributed by atoms with Crippen LogP contribution in [0.5, 0.6) is 0 Å². The summed E-state index contributed by atoms with van der Waals surface area (Å²) in [5, 5.41) is 7.96. The summed E-state index contributed by atoms with van der Waals surface area (Å²) in [6, 6.07) is 9.56. The van der Waals surface area contributed by atoms with E-state index in [1.54, 1.807) is 0 Å². The van der Waals surface area contributed by atoms with Gasteiger partial charge in [-0.15, -0.1) is 10.2 Å². The molecule has 0 unspecified atom stereocenters. The average Bonchev–Trinajstić information content (AvgIpc) is 2.47. The van der Waals surface area contributed by atoms with Crippen molar-refractivity contribution in [3.63, 3.8) is 0 Å². The number of aryl methyl sites for hydroxylation is 1. The molecular weight excluding hydrogens is 242 g/mol. The molecule has 0 saturated carbocycles. The Bertz CT molecular complexity index is 570. The second-order valence-electron chi connectivity index (χ2n) is 4.04. The van der Waals surface area contributed by atoms with E-state index in [4.69, 9.17) is 0 Å². The monoisotopic (exact) mass is 257 g/mol. The third-order valence-corrected chi connectivity index (χ3v) is 2.66. The number of carbonyl (C=O) groups excluding carboxylic acids is 1. The number of esters is 1. The molecule has 5 heteroatoms. The molecule has 5 nitrogen and oxygen atoms in total. The molecule has 0 saturated heterocycles. The molecule has 1 heterocycles. The first-order chi connectivity index (χ1) is 9.26. The van der Waals surface area contributed by atoms with E-state index in [9.17, 15) is 4.79 Å². The topological polar surface area (TPSA) is 65.0 Å². The number of methoxy groups -OCH3 is 1. The Hall–Kier alpha value is -2.30. The van der Waals surface area contributed by atoms with Gasteiger partial charge < -0.3 is 4.74 Å². The molecule has 2 aromatic rings. The van der Waals surface area contributed by atoms with E-state index >= 15 is 0 Å². The third-order valence-electron chi connectivity index (χ3n) is 2.66. The lowest BCUT2D eigenvalue weighted by Gasteiger charge is -2.06. The summed E-state index contributed by atoms with van der Waals surface area (Å²) in [6.07, 6.45) is 1.54. The minimum atomic E-state index is -0.497. The van der Waals surface area contributed by atoms with Gasteiger partial charge in [0.1, 0.15) is 0 Å². The van der Waals surface area contributed by atoms with Crippen LogP contribution in [0.1, 0.15) is 29.5 Å². The molecule has 2 rings (SSSR count). The lowest BCUT2D eigenvalue weighted by molar-refractivity contribution is 0.0590. The fourth-order valence-electron chi connectivity index (χ4n) is 1.73. The highest BCUT2D eigenvalue weighted by Crippen LogP contribution is 2.15. The van der Waals surface area contributed by atoms with Gasteiger partial charge in [0.2, 0.25) is 0 Å². The zero-order valence-electron chi connectivity index (χ0n) is 11.0. The van der Waals surface area contributed by atoms with Crippen LogP contribution in [-0.4, -0.2) is 28.3 Å². The quantitative estimate of drug-likeness (QED) is 0.786. The van der Waals surface area contributed by atoms with Crippen molar-refractivity contribution in [3.8, 4) is 11.4 Å². The molecule has 0 amide bonds. The largest absolute Gasteiger partial charge is 0.464 e. The van der Waals surface area contributed by atoms with Crippen LogP contribution < -0.4 is 0 Å². The first kappa shape index (κ1) is 13.1. The van der Waals surface area contributed by atoms with Crippen molar-refractivity contribution in [2.75, 3.05) is 7.11 Å². The van der Waals surface area contributed by atoms with E-state index in [0.717, 1.165) is 12.0 Å². The Morgan fingerprint density at radius 3 is 2.58 bits per heavy atom. The van der Waals surface area contributed by atoms with Crippen LogP contribution in [0.3, 0.4) is 0 Å². The number of hydrogen-bond acceptors (Lipinski definition) is 5. The van der Waals surface area contributed by atoms with Gasteiger partial charge in [0.05, 0.1) is 12.8 Å². The zero-order valence-corrected chi connectivity index (χ0v) is 11.0. The number of aromatic nitrogens is 3. The van der Waals surface area contributed by atoms with Crippen LogP contribution in [0.25, 0.3) is 11.4 Å². The van der Waals surface area contributed by atoms with Crippen LogP contribution in [0.15, 0.2) is 30.3 Å².